The SMILES string of the molecule is CCNc1nc(NC2CC2(C)C)c2cc(CC)sc2n1. The minimum absolute atomic E-state index is 0.388. The van der Waals surface area contributed by atoms with Gasteiger partial charge in [0.15, 0.2) is 0 Å². The molecule has 1 aliphatic rings. The molecule has 0 spiro atoms. The van der Waals surface area contributed by atoms with Gasteiger partial charge in [-0.15, -0.1) is 11.3 Å². The smallest absolute Gasteiger partial charge is 0.226 e. The third-order valence-corrected chi connectivity index (χ3v) is 5.12. The molecule has 2 heterocycles. The Kier molecular flexibility index (Phi) is 3.32. The highest BCUT2D eigenvalue weighted by molar-refractivity contribution is 7.18. The predicted octanol–water partition coefficient (Wildman–Crippen LogP) is 3.90. The van der Waals surface area contributed by atoms with Gasteiger partial charge in [0.1, 0.15) is 10.6 Å². The van der Waals surface area contributed by atoms with Crippen LogP contribution >= 0.6 is 11.3 Å². The number of hydrogen-bond acceptors (Lipinski definition) is 5. The number of nitrogens with one attached hydrogen (secondary N) is 2. The topological polar surface area (TPSA) is 49.8 Å². The van der Waals surface area contributed by atoms with E-state index in [1.165, 1.54) is 11.3 Å². The molecule has 0 bridgehead atoms. The normalized spacial score (nSPS) is 20.1. The molecule has 5 heteroatoms. The van der Waals surface area contributed by atoms with Gasteiger partial charge in [-0.05, 0) is 31.2 Å². The van der Waals surface area contributed by atoms with Gasteiger partial charge in [-0.25, -0.2) is 4.98 Å². The van der Waals surface area contributed by atoms with Crippen molar-refractivity contribution >= 4 is 33.3 Å². The minimum atomic E-state index is 0.388. The maximum absolute atomic E-state index is 4.66. The second-order valence-corrected chi connectivity index (χ2v) is 7.22. The first-order chi connectivity index (χ1) is 9.53. The fourth-order valence-corrected chi connectivity index (χ4v) is 3.34. The first-order valence-corrected chi connectivity index (χ1v) is 8.16. The van der Waals surface area contributed by atoms with Gasteiger partial charge in [-0.3, -0.25) is 0 Å². The van der Waals surface area contributed by atoms with E-state index in [1.807, 2.05) is 0 Å². The molecule has 0 saturated heterocycles. The monoisotopic (exact) mass is 290 g/mol. The summed E-state index contributed by atoms with van der Waals surface area (Å²) in [7, 11) is 0. The van der Waals surface area contributed by atoms with Crippen LogP contribution in [0.25, 0.3) is 10.2 Å². The summed E-state index contributed by atoms with van der Waals surface area (Å²) in [5, 5.41) is 7.99. The van der Waals surface area contributed by atoms with Crippen LogP contribution in [0.5, 0.6) is 0 Å². The van der Waals surface area contributed by atoms with E-state index in [0.29, 0.717) is 11.5 Å². The molecule has 0 amide bonds. The standard InChI is InChI=1S/C15H22N4S/c1-5-9-7-10-12(17-11-8-15(11,3)4)18-14(16-6-2)19-13(10)20-9/h7,11H,5-6,8H2,1-4H3,(H2,16,17,18,19). The van der Waals surface area contributed by atoms with Crippen molar-refractivity contribution in [3.05, 3.63) is 10.9 Å². The Balaban J connectivity index is 2.00. The fraction of sp³-hybridized carbons (Fsp3) is 0.600. The molecular weight excluding hydrogens is 268 g/mol. The predicted molar refractivity (Wildman–Crippen MR) is 86.8 cm³/mol. The molecule has 0 aromatic carbocycles. The quantitative estimate of drug-likeness (QED) is 0.877. The van der Waals surface area contributed by atoms with E-state index in [4.69, 9.17) is 0 Å². The number of thiophene rings is 1. The summed E-state index contributed by atoms with van der Waals surface area (Å²) in [5.41, 5.74) is 0.388. The van der Waals surface area contributed by atoms with E-state index in [1.54, 1.807) is 11.3 Å². The van der Waals surface area contributed by atoms with Crippen molar-refractivity contribution in [2.75, 3.05) is 17.2 Å². The molecule has 2 aromatic heterocycles. The molecule has 1 saturated carbocycles. The molecule has 4 nitrogen and oxygen atoms in total. The van der Waals surface area contributed by atoms with E-state index in [9.17, 15) is 0 Å². The fourth-order valence-electron chi connectivity index (χ4n) is 2.37. The minimum Gasteiger partial charge on any atom is -0.366 e. The van der Waals surface area contributed by atoms with E-state index >= 15 is 0 Å². The Hall–Kier alpha value is -1.36. The third kappa shape index (κ3) is 2.46. The molecule has 108 valence electrons. The number of hydrogen-bond donors (Lipinski definition) is 2. The lowest BCUT2D eigenvalue weighted by molar-refractivity contribution is 0.630. The molecule has 0 aliphatic heterocycles. The zero-order chi connectivity index (χ0) is 14.3. The summed E-state index contributed by atoms with van der Waals surface area (Å²) in [6.07, 6.45) is 2.26. The van der Waals surface area contributed by atoms with Crippen molar-refractivity contribution in [2.45, 2.75) is 46.6 Å². The van der Waals surface area contributed by atoms with Gasteiger partial charge in [-0.1, -0.05) is 20.8 Å². The number of nitrogens with zero attached hydrogens (tertiary/aromatic N) is 2. The maximum atomic E-state index is 4.66. The van der Waals surface area contributed by atoms with Gasteiger partial charge >= 0.3 is 0 Å². The number of fused-ring (bicyclic) bond motifs is 1. The molecule has 1 unspecified atom stereocenters. The second-order valence-electron chi connectivity index (χ2n) is 6.10. The summed E-state index contributed by atoms with van der Waals surface area (Å²) in [6, 6.07) is 2.76. The summed E-state index contributed by atoms with van der Waals surface area (Å²) in [5.74, 6) is 1.71. The summed E-state index contributed by atoms with van der Waals surface area (Å²) in [6.45, 7) is 9.67. The van der Waals surface area contributed by atoms with Crippen LogP contribution in [-0.2, 0) is 6.42 Å². The highest BCUT2D eigenvalue weighted by atomic mass is 32.1. The number of aryl methyl sites for hydroxylation is 1. The zero-order valence-electron chi connectivity index (χ0n) is 12.6. The van der Waals surface area contributed by atoms with E-state index in [0.717, 1.165) is 34.9 Å². The Morgan fingerprint density at radius 1 is 1.35 bits per heavy atom. The Morgan fingerprint density at radius 3 is 2.70 bits per heavy atom. The third-order valence-electron chi connectivity index (χ3n) is 3.95. The molecule has 1 fully saturated rings. The summed E-state index contributed by atoms with van der Waals surface area (Å²) < 4.78 is 0. The molecule has 0 radical (unpaired) electrons. The van der Waals surface area contributed by atoms with E-state index in [2.05, 4.69) is 54.4 Å². The van der Waals surface area contributed by atoms with Crippen molar-refractivity contribution in [1.82, 2.24) is 9.97 Å². The van der Waals surface area contributed by atoms with Crippen molar-refractivity contribution < 1.29 is 0 Å². The molecule has 1 aliphatic carbocycles. The van der Waals surface area contributed by atoms with Gasteiger partial charge in [-0.2, -0.15) is 4.98 Å². The van der Waals surface area contributed by atoms with Crippen molar-refractivity contribution in [1.29, 1.82) is 0 Å². The van der Waals surface area contributed by atoms with Crippen molar-refractivity contribution in [2.24, 2.45) is 5.41 Å². The highest BCUT2D eigenvalue weighted by Crippen LogP contribution is 2.47. The van der Waals surface area contributed by atoms with Crippen LogP contribution in [0.4, 0.5) is 11.8 Å². The Bertz CT molecular complexity index is 632. The average molecular weight is 290 g/mol. The first-order valence-electron chi connectivity index (χ1n) is 7.34. The van der Waals surface area contributed by atoms with Gasteiger partial charge in [0.2, 0.25) is 5.95 Å². The Morgan fingerprint density at radius 2 is 2.10 bits per heavy atom. The molecule has 20 heavy (non-hydrogen) atoms. The molecule has 3 rings (SSSR count). The van der Waals surface area contributed by atoms with Crippen LogP contribution in [0, 0.1) is 5.41 Å². The summed E-state index contributed by atoms with van der Waals surface area (Å²) >= 11 is 1.77. The lowest BCUT2D eigenvalue weighted by Crippen LogP contribution is -2.11. The molecule has 2 aromatic rings. The van der Waals surface area contributed by atoms with Crippen LogP contribution in [0.15, 0.2) is 6.07 Å². The van der Waals surface area contributed by atoms with Gasteiger partial charge in [0.05, 0.1) is 5.39 Å². The highest BCUT2D eigenvalue weighted by Gasteiger charge is 2.46. The summed E-state index contributed by atoms with van der Waals surface area (Å²) in [4.78, 5) is 11.7. The van der Waals surface area contributed by atoms with Gasteiger partial charge < -0.3 is 10.6 Å². The van der Waals surface area contributed by atoms with Crippen LogP contribution < -0.4 is 10.6 Å². The Labute approximate surface area is 124 Å². The molecule has 1 atom stereocenters. The van der Waals surface area contributed by atoms with Crippen molar-refractivity contribution in [3.8, 4) is 0 Å². The lowest BCUT2D eigenvalue weighted by Gasteiger charge is -2.10. The zero-order valence-corrected chi connectivity index (χ0v) is 13.4. The van der Waals surface area contributed by atoms with Crippen molar-refractivity contribution in [3.63, 3.8) is 0 Å². The number of anilines is 2. The molecular formula is C15H22N4S. The van der Waals surface area contributed by atoms with E-state index < -0.39 is 0 Å². The van der Waals surface area contributed by atoms with Gasteiger partial charge in [0, 0.05) is 17.5 Å². The van der Waals surface area contributed by atoms with Crippen LogP contribution in [0.2, 0.25) is 0 Å². The first kappa shape index (κ1) is 13.6. The van der Waals surface area contributed by atoms with Crippen LogP contribution in [0.1, 0.15) is 39.0 Å². The lowest BCUT2D eigenvalue weighted by atomic mass is 10.2. The number of aromatic nitrogens is 2. The van der Waals surface area contributed by atoms with Crippen LogP contribution in [-0.4, -0.2) is 22.6 Å². The second kappa shape index (κ2) is 4.88. The number of rotatable bonds is 5. The van der Waals surface area contributed by atoms with Gasteiger partial charge in [0.25, 0.3) is 0 Å². The maximum Gasteiger partial charge on any atom is 0.226 e. The van der Waals surface area contributed by atoms with E-state index in [-0.39, 0.29) is 0 Å². The van der Waals surface area contributed by atoms with Crippen LogP contribution in [0.3, 0.4) is 0 Å². The average Bonchev–Trinajstić information content (AvgIpc) is 2.84. The molecule has 2 N–H and O–H groups in total. The largest absolute Gasteiger partial charge is 0.366 e.